The van der Waals surface area contributed by atoms with E-state index in [2.05, 4.69) is 4.98 Å². The highest BCUT2D eigenvalue weighted by atomic mass is 16.5. The van der Waals surface area contributed by atoms with Crippen LogP contribution >= 0.6 is 0 Å². The molecule has 0 bridgehead atoms. The molecule has 0 fully saturated rings. The molecule has 1 aromatic heterocycles. The standard InChI is InChI=1S/C15H13NO3/c1-11(17)14(12-5-3-2-4-6-12)19-15(18)13-7-9-16-10-8-13/h2-10,14H,1H3. The lowest BCUT2D eigenvalue weighted by Crippen LogP contribution is -2.17. The average Bonchev–Trinajstić information content (AvgIpc) is 2.46. The summed E-state index contributed by atoms with van der Waals surface area (Å²) in [5.74, 6) is -0.750. The van der Waals surface area contributed by atoms with Crippen LogP contribution in [0.5, 0.6) is 0 Å². The predicted octanol–water partition coefficient (Wildman–Crippen LogP) is 2.57. The number of hydrogen-bond donors (Lipinski definition) is 0. The lowest BCUT2D eigenvalue weighted by molar-refractivity contribution is -0.125. The maximum Gasteiger partial charge on any atom is 0.339 e. The van der Waals surface area contributed by atoms with E-state index in [1.807, 2.05) is 6.07 Å². The first-order chi connectivity index (χ1) is 9.18. The summed E-state index contributed by atoms with van der Waals surface area (Å²) in [7, 11) is 0. The van der Waals surface area contributed by atoms with E-state index in [-0.39, 0.29) is 5.78 Å². The summed E-state index contributed by atoms with van der Waals surface area (Å²) in [6.45, 7) is 1.40. The molecule has 2 aromatic rings. The number of benzene rings is 1. The van der Waals surface area contributed by atoms with Gasteiger partial charge in [0.05, 0.1) is 5.56 Å². The van der Waals surface area contributed by atoms with Gasteiger partial charge in [0.2, 0.25) is 0 Å². The van der Waals surface area contributed by atoms with Gasteiger partial charge < -0.3 is 4.74 Å². The van der Waals surface area contributed by atoms with Crippen molar-refractivity contribution in [3.63, 3.8) is 0 Å². The molecule has 4 nitrogen and oxygen atoms in total. The Hall–Kier alpha value is -2.49. The van der Waals surface area contributed by atoms with Crippen LogP contribution in [0.25, 0.3) is 0 Å². The fraction of sp³-hybridized carbons (Fsp3) is 0.133. The van der Waals surface area contributed by atoms with Crippen LogP contribution in [0.2, 0.25) is 0 Å². The minimum absolute atomic E-state index is 0.214. The molecule has 4 heteroatoms. The first kappa shape index (κ1) is 13.0. The van der Waals surface area contributed by atoms with Gasteiger partial charge in [0.25, 0.3) is 0 Å². The second-order valence-corrected chi connectivity index (χ2v) is 4.04. The second kappa shape index (κ2) is 5.91. The van der Waals surface area contributed by atoms with Crippen molar-refractivity contribution < 1.29 is 14.3 Å². The molecule has 0 aliphatic carbocycles. The van der Waals surface area contributed by atoms with Crippen LogP contribution in [-0.4, -0.2) is 16.7 Å². The molecule has 0 N–H and O–H groups in total. The van der Waals surface area contributed by atoms with Crippen molar-refractivity contribution in [3.8, 4) is 0 Å². The molecule has 2 rings (SSSR count). The molecule has 1 heterocycles. The number of ketones is 1. The SMILES string of the molecule is CC(=O)C(OC(=O)c1ccncc1)c1ccccc1. The zero-order valence-electron chi connectivity index (χ0n) is 10.4. The number of pyridine rings is 1. The van der Waals surface area contributed by atoms with Crippen molar-refractivity contribution in [2.24, 2.45) is 0 Å². The van der Waals surface area contributed by atoms with Gasteiger partial charge in [0.1, 0.15) is 0 Å². The molecule has 1 unspecified atom stereocenters. The molecule has 96 valence electrons. The van der Waals surface area contributed by atoms with Crippen molar-refractivity contribution in [2.75, 3.05) is 0 Å². The molecule has 0 saturated heterocycles. The molecule has 0 aliphatic heterocycles. The van der Waals surface area contributed by atoms with Crippen molar-refractivity contribution in [1.29, 1.82) is 0 Å². The molecular formula is C15H13NO3. The summed E-state index contributed by atoms with van der Waals surface area (Å²) in [5, 5.41) is 0. The van der Waals surface area contributed by atoms with Crippen LogP contribution in [0.15, 0.2) is 54.9 Å². The van der Waals surface area contributed by atoms with Crippen LogP contribution in [0, 0.1) is 0 Å². The summed E-state index contributed by atoms with van der Waals surface area (Å²) in [4.78, 5) is 27.4. The zero-order chi connectivity index (χ0) is 13.7. The molecule has 0 aliphatic rings. The molecule has 0 radical (unpaired) electrons. The monoisotopic (exact) mass is 255 g/mol. The molecule has 0 amide bonds. The third-order valence-electron chi connectivity index (χ3n) is 2.61. The van der Waals surface area contributed by atoms with Gasteiger partial charge in [0, 0.05) is 12.4 Å². The predicted molar refractivity (Wildman–Crippen MR) is 69.5 cm³/mol. The largest absolute Gasteiger partial charge is 0.446 e. The van der Waals surface area contributed by atoms with Crippen LogP contribution in [0.4, 0.5) is 0 Å². The van der Waals surface area contributed by atoms with Gasteiger partial charge in [-0.1, -0.05) is 30.3 Å². The Morgan fingerprint density at radius 1 is 1.05 bits per heavy atom. The van der Waals surface area contributed by atoms with Gasteiger partial charge in [-0.15, -0.1) is 0 Å². The third-order valence-corrected chi connectivity index (χ3v) is 2.61. The highest BCUT2D eigenvalue weighted by Crippen LogP contribution is 2.19. The second-order valence-electron chi connectivity index (χ2n) is 4.04. The van der Waals surface area contributed by atoms with E-state index in [9.17, 15) is 9.59 Å². The normalized spacial score (nSPS) is 11.6. The van der Waals surface area contributed by atoms with Crippen LogP contribution in [0.3, 0.4) is 0 Å². The maximum atomic E-state index is 11.9. The Kier molecular flexibility index (Phi) is 4.03. The molecule has 1 aromatic carbocycles. The van der Waals surface area contributed by atoms with E-state index in [1.165, 1.54) is 19.3 Å². The summed E-state index contributed by atoms with van der Waals surface area (Å²) >= 11 is 0. The van der Waals surface area contributed by atoms with Crippen molar-refractivity contribution >= 4 is 11.8 Å². The number of aromatic nitrogens is 1. The van der Waals surface area contributed by atoms with Gasteiger partial charge in [-0.05, 0) is 24.6 Å². The molecule has 19 heavy (non-hydrogen) atoms. The van der Waals surface area contributed by atoms with E-state index < -0.39 is 12.1 Å². The lowest BCUT2D eigenvalue weighted by Gasteiger charge is -2.15. The number of ether oxygens (including phenoxy) is 1. The number of esters is 1. The Morgan fingerprint density at radius 3 is 2.26 bits per heavy atom. The van der Waals surface area contributed by atoms with Gasteiger partial charge in [-0.25, -0.2) is 4.79 Å². The fourth-order valence-electron chi connectivity index (χ4n) is 1.68. The van der Waals surface area contributed by atoms with Crippen molar-refractivity contribution in [3.05, 3.63) is 66.0 Å². The van der Waals surface area contributed by atoms with Crippen LogP contribution in [0.1, 0.15) is 28.9 Å². The Balaban J connectivity index is 2.19. The van der Waals surface area contributed by atoms with Crippen molar-refractivity contribution in [2.45, 2.75) is 13.0 Å². The first-order valence-corrected chi connectivity index (χ1v) is 5.85. The van der Waals surface area contributed by atoms with E-state index in [4.69, 9.17) is 4.74 Å². The summed E-state index contributed by atoms with van der Waals surface area (Å²) in [5.41, 5.74) is 1.04. The molecule has 0 spiro atoms. The Morgan fingerprint density at radius 2 is 1.68 bits per heavy atom. The Labute approximate surface area is 111 Å². The first-order valence-electron chi connectivity index (χ1n) is 5.85. The third kappa shape index (κ3) is 3.25. The number of carbonyl (C=O) groups is 2. The molecular weight excluding hydrogens is 242 g/mol. The fourth-order valence-corrected chi connectivity index (χ4v) is 1.68. The van der Waals surface area contributed by atoms with E-state index >= 15 is 0 Å². The molecule has 0 saturated carbocycles. The van der Waals surface area contributed by atoms with Gasteiger partial charge >= 0.3 is 5.97 Å². The maximum absolute atomic E-state index is 11.9. The summed E-state index contributed by atoms with van der Waals surface area (Å²) in [6, 6.07) is 12.0. The minimum atomic E-state index is -0.873. The topological polar surface area (TPSA) is 56.3 Å². The average molecular weight is 255 g/mol. The smallest absolute Gasteiger partial charge is 0.339 e. The zero-order valence-corrected chi connectivity index (χ0v) is 10.4. The highest BCUT2D eigenvalue weighted by molar-refractivity contribution is 5.92. The number of carbonyl (C=O) groups excluding carboxylic acids is 2. The van der Waals surface area contributed by atoms with Crippen molar-refractivity contribution in [1.82, 2.24) is 4.98 Å². The number of hydrogen-bond acceptors (Lipinski definition) is 4. The van der Waals surface area contributed by atoms with Gasteiger partial charge in [0.15, 0.2) is 11.9 Å². The van der Waals surface area contributed by atoms with Gasteiger partial charge in [-0.3, -0.25) is 9.78 Å². The van der Waals surface area contributed by atoms with Crippen LogP contribution < -0.4 is 0 Å². The minimum Gasteiger partial charge on any atom is -0.446 e. The number of Topliss-reactive ketones (excluding diaryl/α,β-unsaturated/α-hetero) is 1. The van der Waals surface area contributed by atoms with Crippen LogP contribution in [-0.2, 0) is 9.53 Å². The lowest BCUT2D eigenvalue weighted by atomic mass is 10.1. The number of rotatable bonds is 4. The summed E-state index contributed by atoms with van der Waals surface area (Å²) in [6.07, 6.45) is 2.13. The quantitative estimate of drug-likeness (QED) is 0.788. The molecule has 1 atom stereocenters. The summed E-state index contributed by atoms with van der Waals surface area (Å²) < 4.78 is 5.27. The van der Waals surface area contributed by atoms with E-state index in [1.54, 1.807) is 36.4 Å². The Bertz CT molecular complexity index is 566. The highest BCUT2D eigenvalue weighted by Gasteiger charge is 2.21. The van der Waals surface area contributed by atoms with E-state index in [0.29, 0.717) is 11.1 Å². The number of nitrogens with zero attached hydrogens (tertiary/aromatic N) is 1. The van der Waals surface area contributed by atoms with E-state index in [0.717, 1.165) is 0 Å². The van der Waals surface area contributed by atoms with Gasteiger partial charge in [-0.2, -0.15) is 0 Å².